The van der Waals surface area contributed by atoms with Gasteiger partial charge in [0, 0.05) is 30.9 Å². The Bertz CT molecular complexity index is 442. The van der Waals surface area contributed by atoms with Gasteiger partial charge in [-0.05, 0) is 37.8 Å². The minimum Gasteiger partial charge on any atom is -0.354 e. The van der Waals surface area contributed by atoms with Gasteiger partial charge in [-0.15, -0.1) is 0 Å². The van der Waals surface area contributed by atoms with Crippen molar-refractivity contribution >= 4 is 5.82 Å². The molecule has 1 aromatic heterocycles. The summed E-state index contributed by atoms with van der Waals surface area (Å²) in [4.78, 5) is 7.44. The number of pyridine rings is 1. The average molecular weight is 289 g/mol. The number of aromatic nitrogens is 1. The van der Waals surface area contributed by atoms with Crippen LogP contribution in [0.15, 0.2) is 12.1 Å². The maximum absolute atomic E-state index is 4.90. The van der Waals surface area contributed by atoms with Crippen LogP contribution in [0.2, 0.25) is 0 Å². The summed E-state index contributed by atoms with van der Waals surface area (Å²) in [7, 11) is 0. The van der Waals surface area contributed by atoms with Gasteiger partial charge in [0.15, 0.2) is 0 Å². The van der Waals surface area contributed by atoms with Gasteiger partial charge in [0.2, 0.25) is 0 Å². The van der Waals surface area contributed by atoms with Crippen molar-refractivity contribution in [1.29, 1.82) is 0 Å². The van der Waals surface area contributed by atoms with E-state index in [4.69, 9.17) is 4.98 Å². The first-order valence-corrected chi connectivity index (χ1v) is 8.58. The molecule has 0 radical (unpaired) electrons. The molecule has 3 nitrogen and oxygen atoms in total. The molecule has 0 bridgehead atoms. The molecule has 1 atom stereocenters. The lowest BCUT2D eigenvalue weighted by Crippen LogP contribution is -2.35. The Kier molecular flexibility index (Phi) is 6.04. The van der Waals surface area contributed by atoms with Crippen LogP contribution in [0.3, 0.4) is 0 Å². The number of nitrogens with zero attached hydrogens (tertiary/aromatic N) is 2. The molecule has 118 valence electrons. The molecule has 1 saturated heterocycles. The van der Waals surface area contributed by atoms with Crippen molar-refractivity contribution < 1.29 is 0 Å². The van der Waals surface area contributed by atoms with Gasteiger partial charge < -0.3 is 10.2 Å². The van der Waals surface area contributed by atoms with Crippen molar-refractivity contribution in [1.82, 2.24) is 10.3 Å². The van der Waals surface area contributed by atoms with Gasteiger partial charge in [-0.2, -0.15) is 0 Å². The van der Waals surface area contributed by atoms with Crippen LogP contribution in [-0.4, -0.2) is 23.6 Å². The Morgan fingerprint density at radius 3 is 2.76 bits per heavy atom. The van der Waals surface area contributed by atoms with E-state index in [2.05, 4.69) is 50.0 Å². The molecule has 1 fully saturated rings. The van der Waals surface area contributed by atoms with E-state index in [1.807, 2.05) is 0 Å². The second-order valence-electron chi connectivity index (χ2n) is 6.55. The monoisotopic (exact) mass is 289 g/mol. The van der Waals surface area contributed by atoms with Crippen LogP contribution in [0.5, 0.6) is 0 Å². The number of anilines is 1. The lowest BCUT2D eigenvalue weighted by Gasteiger charge is -2.31. The first kappa shape index (κ1) is 16.3. The third-order valence-electron chi connectivity index (χ3n) is 4.52. The molecular formula is C18H31N3. The largest absolute Gasteiger partial charge is 0.354 e. The molecule has 2 rings (SSSR count). The van der Waals surface area contributed by atoms with Crippen molar-refractivity contribution in [3.63, 3.8) is 0 Å². The number of hydrogen-bond donors (Lipinski definition) is 1. The summed E-state index contributed by atoms with van der Waals surface area (Å²) >= 11 is 0. The second-order valence-corrected chi connectivity index (χ2v) is 6.55. The molecule has 21 heavy (non-hydrogen) atoms. The summed E-state index contributed by atoms with van der Waals surface area (Å²) < 4.78 is 0. The van der Waals surface area contributed by atoms with Gasteiger partial charge in [0.1, 0.15) is 5.82 Å². The number of hydrogen-bond acceptors (Lipinski definition) is 3. The molecule has 1 unspecified atom stereocenters. The summed E-state index contributed by atoms with van der Waals surface area (Å²) in [6, 6.07) is 5.65. The zero-order valence-electron chi connectivity index (χ0n) is 14.2. The normalized spacial score (nSPS) is 19.9. The summed E-state index contributed by atoms with van der Waals surface area (Å²) in [6.45, 7) is 10.9. The van der Waals surface area contributed by atoms with E-state index in [9.17, 15) is 0 Å². The van der Waals surface area contributed by atoms with Crippen LogP contribution in [0.25, 0.3) is 0 Å². The third kappa shape index (κ3) is 4.44. The molecule has 1 N–H and O–H groups in total. The minimum absolute atomic E-state index is 0.513. The fourth-order valence-corrected chi connectivity index (χ4v) is 3.14. The van der Waals surface area contributed by atoms with E-state index >= 15 is 0 Å². The maximum atomic E-state index is 4.90. The van der Waals surface area contributed by atoms with Crippen LogP contribution in [0.1, 0.15) is 64.1 Å². The fourth-order valence-electron chi connectivity index (χ4n) is 3.14. The molecule has 0 aliphatic carbocycles. The topological polar surface area (TPSA) is 28.2 Å². The molecule has 0 saturated carbocycles. The van der Waals surface area contributed by atoms with E-state index < -0.39 is 0 Å². The van der Waals surface area contributed by atoms with E-state index in [-0.39, 0.29) is 0 Å². The molecule has 1 aliphatic heterocycles. The fraction of sp³-hybridized carbons (Fsp3) is 0.722. The Balaban J connectivity index is 2.13. The molecule has 0 spiro atoms. The number of aryl methyl sites for hydroxylation is 1. The number of rotatable bonds is 5. The quantitative estimate of drug-likeness (QED) is 0.886. The highest BCUT2D eigenvalue weighted by Crippen LogP contribution is 2.25. The summed E-state index contributed by atoms with van der Waals surface area (Å²) in [5.74, 6) is 1.18. The van der Waals surface area contributed by atoms with Gasteiger partial charge in [0.05, 0.1) is 0 Å². The molecule has 1 aromatic rings. The summed E-state index contributed by atoms with van der Waals surface area (Å²) in [5, 5.41) is 3.48. The first-order chi connectivity index (χ1) is 10.1. The van der Waals surface area contributed by atoms with Gasteiger partial charge in [-0.1, -0.05) is 39.7 Å². The van der Waals surface area contributed by atoms with Gasteiger partial charge in [-0.25, -0.2) is 4.98 Å². The molecule has 1 aliphatic rings. The Morgan fingerprint density at radius 1 is 1.29 bits per heavy atom. The predicted molar refractivity (Wildman–Crippen MR) is 90.8 cm³/mol. The Hall–Kier alpha value is -1.09. The molecule has 3 heteroatoms. The van der Waals surface area contributed by atoms with Crippen molar-refractivity contribution in [3.05, 3.63) is 23.4 Å². The number of nitrogens with one attached hydrogen (secondary N) is 1. The van der Waals surface area contributed by atoms with Crippen LogP contribution in [-0.2, 0) is 6.54 Å². The Labute approximate surface area is 130 Å². The van der Waals surface area contributed by atoms with Gasteiger partial charge in [-0.3, -0.25) is 0 Å². The van der Waals surface area contributed by atoms with Crippen LogP contribution >= 0.6 is 0 Å². The first-order valence-electron chi connectivity index (χ1n) is 8.58. The summed E-state index contributed by atoms with van der Waals surface area (Å²) in [6.07, 6.45) is 6.56. The zero-order chi connectivity index (χ0) is 15.2. The standard InChI is InChI=1S/C18H31N3/c1-5-17-9-7-6-8-12-21(17)18-11-10-16(15(4)20-18)13-19-14(2)3/h10-11,14,17,19H,5-9,12-13H2,1-4H3. The molecule has 0 amide bonds. The van der Waals surface area contributed by atoms with E-state index in [0.717, 1.165) is 13.1 Å². The lowest BCUT2D eigenvalue weighted by molar-refractivity contribution is 0.551. The Morgan fingerprint density at radius 2 is 2.10 bits per heavy atom. The highest BCUT2D eigenvalue weighted by atomic mass is 15.2. The summed E-state index contributed by atoms with van der Waals surface area (Å²) in [5.41, 5.74) is 2.48. The van der Waals surface area contributed by atoms with E-state index in [0.29, 0.717) is 12.1 Å². The molecular weight excluding hydrogens is 258 g/mol. The van der Waals surface area contributed by atoms with Crippen molar-refractivity contribution in [2.75, 3.05) is 11.4 Å². The maximum Gasteiger partial charge on any atom is 0.129 e. The van der Waals surface area contributed by atoms with Crippen LogP contribution in [0, 0.1) is 6.92 Å². The van der Waals surface area contributed by atoms with Gasteiger partial charge >= 0.3 is 0 Å². The average Bonchev–Trinajstić information content (AvgIpc) is 2.70. The minimum atomic E-state index is 0.513. The van der Waals surface area contributed by atoms with Crippen molar-refractivity contribution in [2.45, 2.75) is 78.4 Å². The zero-order valence-corrected chi connectivity index (χ0v) is 14.2. The van der Waals surface area contributed by atoms with E-state index in [1.165, 1.54) is 49.2 Å². The van der Waals surface area contributed by atoms with Crippen molar-refractivity contribution in [2.24, 2.45) is 0 Å². The van der Waals surface area contributed by atoms with Crippen molar-refractivity contribution in [3.8, 4) is 0 Å². The van der Waals surface area contributed by atoms with Crippen LogP contribution in [0.4, 0.5) is 5.82 Å². The second kappa shape index (κ2) is 7.79. The molecule has 0 aromatic carbocycles. The highest BCUT2D eigenvalue weighted by Gasteiger charge is 2.21. The third-order valence-corrected chi connectivity index (χ3v) is 4.52. The van der Waals surface area contributed by atoms with Crippen LogP contribution < -0.4 is 10.2 Å². The molecule has 2 heterocycles. The predicted octanol–water partition coefficient (Wildman–Crippen LogP) is 4.05. The smallest absolute Gasteiger partial charge is 0.129 e. The van der Waals surface area contributed by atoms with Gasteiger partial charge in [0.25, 0.3) is 0 Å². The SMILES string of the molecule is CCC1CCCCCN1c1ccc(CNC(C)C)c(C)n1. The van der Waals surface area contributed by atoms with E-state index in [1.54, 1.807) is 0 Å². The highest BCUT2D eigenvalue weighted by molar-refractivity contribution is 5.43. The lowest BCUT2D eigenvalue weighted by atomic mass is 10.1.